The Morgan fingerprint density at radius 2 is 1.92 bits per heavy atom. The molecule has 3 heteroatoms. The maximum atomic E-state index is 10.6. The third-order valence-electron chi connectivity index (χ3n) is 1.76. The Balaban J connectivity index is 3.37. The van der Waals surface area contributed by atoms with E-state index in [1.807, 2.05) is 0 Å². The van der Waals surface area contributed by atoms with Crippen LogP contribution in [0.4, 0.5) is 0 Å². The molecule has 0 atom stereocenters. The summed E-state index contributed by atoms with van der Waals surface area (Å²) in [5.74, 6) is -0.973. The van der Waals surface area contributed by atoms with Gasteiger partial charge in [-0.3, -0.25) is 0 Å². The third kappa shape index (κ3) is 1.39. The van der Waals surface area contributed by atoms with Gasteiger partial charge in [-0.25, -0.2) is 4.79 Å². The summed E-state index contributed by atoms with van der Waals surface area (Å²) in [5, 5.41) is 18.0. The number of hydrogen-bond acceptors (Lipinski definition) is 2. The molecule has 0 saturated carbocycles. The van der Waals surface area contributed by atoms with Crippen LogP contribution in [0.15, 0.2) is 12.1 Å². The number of benzene rings is 1. The zero-order valence-corrected chi connectivity index (χ0v) is 6.96. The first-order chi connectivity index (χ1) is 5.52. The molecule has 3 nitrogen and oxygen atoms in total. The molecule has 0 aliphatic heterocycles. The second kappa shape index (κ2) is 2.85. The monoisotopic (exact) mass is 166 g/mol. The fourth-order valence-electron chi connectivity index (χ4n) is 1.06. The van der Waals surface area contributed by atoms with Gasteiger partial charge >= 0.3 is 5.97 Å². The quantitative estimate of drug-likeness (QED) is 0.667. The number of hydrogen-bond donors (Lipinski definition) is 2. The van der Waals surface area contributed by atoms with Crippen molar-refractivity contribution in [1.29, 1.82) is 0 Å². The van der Waals surface area contributed by atoms with Crippen LogP contribution >= 0.6 is 0 Å². The lowest BCUT2D eigenvalue weighted by Crippen LogP contribution is -2.00. The summed E-state index contributed by atoms with van der Waals surface area (Å²) in [6.07, 6.45) is 0. The number of phenols is 1. The Morgan fingerprint density at radius 1 is 1.33 bits per heavy atom. The molecule has 0 radical (unpaired) electrons. The molecule has 0 spiro atoms. The van der Waals surface area contributed by atoms with Crippen molar-refractivity contribution in [3.63, 3.8) is 0 Å². The van der Waals surface area contributed by atoms with Gasteiger partial charge in [0.15, 0.2) is 0 Å². The van der Waals surface area contributed by atoms with E-state index in [2.05, 4.69) is 0 Å². The standard InChI is InChI=1S/C9H10O3/c1-5-3-7(9(11)12)6(2)8(10)4-5/h3-4,10H,1-2H3,(H,11,12). The minimum atomic E-state index is -1.01. The molecule has 0 fully saturated rings. The molecule has 12 heavy (non-hydrogen) atoms. The first kappa shape index (κ1) is 8.59. The van der Waals surface area contributed by atoms with Gasteiger partial charge < -0.3 is 10.2 Å². The average molecular weight is 166 g/mol. The SMILES string of the molecule is Cc1cc(O)c(C)c(C(=O)O)c1. The summed E-state index contributed by atoms with van der Waals surface area (Å²) in [6, 6.07) is 3.08. The predicted octanol–water partition coefficient (Wildman–Crippen LogP) is 1.71. The lowest BCUT2D eigenvalue weighted by atomic mass is 10.0. The van der Waals surface area contributed by atoms with E-state index in [-0.39, 0.29) is 11.3 Å². The molecule has 2 N–H and O–H groups in total. The maximum Gasteiger partial charge on any atom is 0.336 e. The normalized spacial score (nSPS) is 9.83. The molecule has 0 aromatic heterocycles. The zero-order valence-electron chi connectivity index (χ0n) is 6.96. The highest BCUT2D eigenvalue weighted by molar-refractivity contribution is 5.90. The average Bonchev–Trinajstić information content (AvgIpc) is 1.96. The fraction of sp³-hybridized carbons (Fsp3) is 0.222. The number of carboxylic acid groups (broad SMARTS) is 1. The second-order valence-electron chi connectivity index (χ2n) is 2.76. The van der Waals surface area contributed by atoms with Crippen molar-refractivity contribution in [3.8, 4) is 5.75 Å². The minimum absolute atomic E-state index is 0.0346. The molecule has 0 amide bonds. The molecular weight excluding hydrogens is 156 g/mol. The number of aryl methyl sites for hydroxylation is 1. The van der Waals surface area contributed by atoms with Crippen molar-refractivity contribution >= 4 is 5.97 Å². The smallest absolute Gasteiger partial charge is 0.336 e. The van der Waals surface area contributed by atoms with Crippen LogP contribution in [0.5, 0.6) is 5.75 Å². The zero-order chi connectivity index (χ0) is 9.30. The number of phenolic OH excluding ortho intramolecular Hbond substituents is 1. The molecule has 0 heterocycles. The molecule has 1 aromatic carbocycles. The van der Waals surface area contributed by atoms with Crippen LogP contribution in [0, 0.1) is 13.8 Å². The van der Waals surface area contributed by atoms with E-state index in [1.54, 1.807) is 19.9 Å². The largest absolute Gasteiger partial charge is 0.508 e. The van der Waals surface area contributed by atoms with Gasteiger partial charge in [0.1, 0.15) is 5.75 Å². The number of carboxylic acids is 1. The Bertz CT molecular complexity index is 329. The predicted molar refractivity (Wildman–Crippen MR) is 44.5 cm³/mol. The highest BCUT2D eigenvalue weighted by atomic mass is 16.4. The van der Waals surface area contributed by atoms with Gasteiger partial charge in [-0.05, 0) is 31.5 Å². The van der Waals surface area contributed by atoms with E-state index < -0.39 is 5.97 Å². The van der Waals surface area contributed by atoms with Crippen LogP contribution < -0.4 is 0 Å². The summed E-state index contributed by atoms with van der Waals surface area (Å²) in [4.78, 5) is 10.6. The number of aromatic carboxylic acids is 1. The first-order valence-corrected chi connectivity index (χ1v) is 3.56. The van der Waals surface area contributed by atoms with Gasteiger partial charge in [0.05, 0.1) is 5.56 Å². The van der Waals surface area contributed by atoms with Crippen LogP contribution in [0.25, 0.3) is 0 Å². The van der Waals surface area contributed by atoms with Crippen LogP contribution in [0.2, 0.25) is 0 Å². The van der Waals surface area contributed by atoms with E-state index in [0.29, 0.717) is 5.56 Å². The Kier molecular flexibility index (Phi) is 2.04. The van der Waals surface area contributed by atoms with Crippen LogP contribution in [0.1, 0.15) is 21.5 Å². The molecule has 0 aliphatic carbocycles. The van der Waals surface area contributed by atoms with E-state index in [9.17, 15) is 9.90 Å². The van der Waals surface area contributed by atoms with Crippen molar-refractivity contribution in [1.82, 2.24) is 0 Å². The number of aromatic hydroxyl groups is 1. The topological polar surface area (TPSA) is 57.5 Å². The molecule has 0 aliphatic rings. The lowest BCUT2D eigenvalue weighted by molar-refractivity contribution is 0.0695. The van der Waals surface area contributed by atoms with E-state index >= 15 is 0 Å². The number of carbonyl (C=O) groups is 1. The van der Waals surface area contributed by atoms with Gasteiger partial charge in [0.2, 0.25) is 0 Å². The van der Waals surface area contributed by atoms with Crippen molar-refractivity contribution < 1.29 is 15.0 Å². The summed E-state index contributed by atoms with van der Waals surface area (Å²) in [7, 11) is 0. The van der Waals surface area contributed by atoms with Gasteiger partial charge in [0, 0.05) is 5.56 Å². The lowest BCUT2D eigenvalue weighted by Gasteiger charge is -2.04. The third-order valence-corrected chi connectivity index (χ3v) is 1.76. The highest BCUT2D eigenvalue weighted by Crippen LogP contribution is 2.21. The van der Waals surface area contributed by atoms with Crippen molar-refractivity contribution in [2.45, 2.75) is 13.8 Å². The van der Waals surface area contributed by atoms with E-state index in [4.69, 9.17) is 5.11 Å². The minimum Gasteiger partial charge on any atom is -0.508 e. The Hall–Kier alpha value is -1.51. The molecular formula is C9H10O3. The van der Waals surface area contributed by atoms with Crippen LogP contribution in [0.3, 0.4) is 0 Å². The Morgan fingerprint density at radius 3 is 2.42 bits per heavy atom. The molecule has 1 rings (SSSR count). The number of rotatable bonds is 1. The van der Waals surface area contributed by atoms with Crippen LogP contribution in [-0.2, 0) is 0 Å². The first-order valence-electron chi connectivity index (χ1n) is 3.56. The molecule has 1 aromatic rings. The van der Waals surface area contributed by atoms with Gasteiger partial charge in [0.25, 0.3) is 0 Å². The van der Waals surface area contributed by atoms with Gasteiger partial charge in [-0.1, -0.05) is 0 Å². The summed E-state index contributed by atoms with van der Waals surface area (Å²) in [5.41, 5.74) is 1.32. The van der Waals surface area contributed by atoms with E-state index in [0.717, 1.165) is 5.56 Å². The summed E-state index contributed by atoms with van der Waals surface area (Å²) in [6.45, 7) is 3.32. The van der Waals surface area contributed by atoms with Gasteiger partial charge in [-0.15, -0.1) is 0 Å². The highest BCUT2D eigenvalue weighted by Gasteiger charge is 2.10. The fourth-order valence-corrected chi connectivity index (χ4v) is 1.06. The van der Waals surface area contributed by atoms with E-state index in [1.165, 1.54) is 6.07 Å². The molecule has 0 bridgehead atoms. The molecule has 0 saturated heterocycles. The molecule has 64 valence electrons. The van der Waals surface area contributed by atoms with Crippen LogP contribution in [-0.4, -0.2) is 16.2 Å². The van der Waals surface area contributed by atoms with Gasteiger partial charge in [-0.2, -0.15) is 0 Å². The molecule has 0 unspecified atom stereocenters. The second-order valence-corrected chi connectivity index (χ2v) is 2.76. The van der Waals surface area contributed by atoms with Crippen molar-refractivity contribution in [3.05, 3.63) is 28.8 Å². The summed E-state index contributed by atoms with van der Waals surface area (Å²) >= 11 is 0. The van der Waals surface area contributed by atoms with Crippen molar-refractivity contribution in [2.24, 2.45) is 0 Å². The van der Waals surface area contributed by atoms with Crippen molar-refractivity contribution in [2.75, 3.05) is 0 Å². The Labute approximate surface area is 70.3 Å². The summed E-state index contributed by atoms with van der Waals surface area (Å²) < 4.78 is 0. The maximum absolute atomic E-state index is 10.6.